The average molecular weight is 124 g/mol. The predicted molar refractivity (Wildman–Crippen MR) is 20.2 cm³/mol. The Morgan fingerprint density at radius 3 is 1.50 bits per heavy atom. The third-order valence-electron chi connectivity index (χ3n) is 0. The molecule has 0 aliphatic heterocycles. The molecule has 4 heavy (non-hydrogen) atoms. The molecule has 0 saturated carbocycles. The second-order valence-electron chi connectivity index (χ2n) is 0.816. The summed E-state index contributed by atoms with van der Waals surface area (Å²) in [6.07, 6.45) is 0. The zero-order chi connectivity index (χ0) is 3.58. The molecule has 0 rings (SSSR count). The monoisotopic (exact) mass is 125 g/mol. The van der Waals surface area contributed by atoms with E-state index in [0.29, 0.717) is 0 Å². The Kier molecular flexibility index (Phi) is 1.75. The van der Waals surface area contributed by atoms with Crippen LogP contribution in [-0.4, -0.2) is 13.7 Å². The zero-order valence-electron chi connectivity index (χ0n) is 2.91. The second kappa shape index (κ2) is 1.62. The summed E-state index contributed by atoms with van der Waals surface area (Å²) in [6, 6.07) is 0. The van der Waals surface area contributed by atoms with E-state index in [0.717, 1.165) is 0 Å². The van der Waals surface area contributed by atoms with Crippen LogP contribution < -0.4 is 0 Å². The fraction of sp³-hybridized carbons (Fsp3) is 1.00. The van der Waals surface area contributed by atoms with Crippen molar-refractivity contribution in [2.75, 3.05) is 0 Å². The van der Waals surface area contributed by atoms with E-state index in [1.165, 1.54) is 0 Å². The third kappa shape index (κ3) is 39.6. The molecule has 1 nitrogen and oxygen atoms in total. The van der Waals surface area contributed by atoms with Crippen molar-refractivity contribution >= 4 is 13.7 Å². The van der Waals surface area contributed by atoms with Crippen LogP contribution in [0.5, 0.6) is 0 Å². The maximum absolute atomic E-state index is 6.71. The Morgan fingerprint density at radius 1 is 1.50 bits per heavy atom. The van der Waals surface area contributed by atoms with E-state index in [-0.39, 0.29) is 0 Å². The van der Waals surface area contributed by atoms with Gasteiger partial charge in [0, 0.05) is 0 Å². The fourth-order valence-corrected chi connectivity index (χ4v) is 0. The molecule has 2 heteroatoms. The van der Waals surface area contributed by atoms with Gasteiger partial charge in [-0.3, -0.25) is 0 Å². The van der Waals surface area contributed by atoms with Gasteiger partial charge in [0.2, 0.25) is 0 Å². The van der Waals surface area contributed by atoms with Crippen molar-refractivity contribution in [1.29, 1.82) is 4.38 Å². The normalized spacial score (nSPS) is 8.75. The van der Waals surface area contributed by atoms with E-state index in [4.69, 9.17) is 4.38 Å². The summed E-state index contributed by atoms with van der Waals surface area (Å²) in [5.41, 5.74) is 0. The predicted octanol–water partition coefficient (Wildman–Crippen LogP) is 1.08. The molecule has 0 aromatic heterocycles. The minimum atomic E-state index is -0.792. The second-order valence-corrected chi connectivity index (χ2v) is 4.24. The van der Waals surface area contributed by atoms with Crippen molar-refractivity contribution < 1.29 is 0 Å². The SMILES string of the molecule is C[Se](C)=N. The van der Waals surface area contributed by atoms with Crippen molar-refractivity contribution in [3.63, 3.8) is 0 Å². The first-order chi connectivity index (χ1) is 1.73. The Bertz CT molecular complexity index is 29.0. The van der Waals surface area contributed by atoms with Gasteiger partial charge in [-0.1, -0.05) is 0 Å². The van der Waals surface area contributed by atoms with E-state index in [2.05, 4.69) is 0 Å². The zero-order valence-corrected chi connectivity index (χ0v) is 4.62. The molecule has 0 aliphatic rings. The first-order valence-electron chi connectivity index (χ1n) is 1.02. The third-order valence-corrected chi connectivity index (χ3v) is 0. The molecule has 0 saturated heterocycles. The van der Waals surface area contributed by atoms with Crippen LogP contribution in [0, 0.1) is 4.38 Å². The molecular weight excluding hydrogens is 117 g/mol. The minimum absolute atomic E-state index is 0.792. The molecule has 1 N–H and O–H groups in total. The van der Waals surface area contributed by atoms with Gasteiger partial charge >= 0.3 is 29.7 Å². The van der Waals surface area contributed by atoms with Crippen molar-refractivity contribution in [1.82, 2.24) is 0 Å². The van der Waals surface area contributed by atoms with E-state index < -0.39 is 13.7 Å². The Labute approximate surface area is 30.5 Å². The molecule has 0 fully saturated rings. The summed E-state index contributed by atoms with van der Waals surface area (Å²) in [7, 11) is 0. The number of rotatable bonds is 0. The molecule has 0 aromatic carbocycles. The molecule has 26 valence electrons. The molecule has 0 spiro atoms. The van der Waals surface area contributed by atoms with E-state index in [9.17, 15) is 0 Å². The van der Waals surface area contributed by atoms with Gasteiger partial charge in [-0.2, -0.15) is 0 Å². The van der Waals surface area contributed by atoms with Crippen LogP contribution in [0.4, 0.5) is 0 Å². The van der Waals surface area contributed by atoms with E-state index >= 15 is 0 Å². The maximum atomic E-state index is 6.71. The Hall–Kier alpha value is 0.319. The molecule has 0 heterocycles. The van der Waals surface area contributed by atoms with Crippen LogP contribution in [0.15, 0.2) is 0 Å². The topological polar surface area (TPSA) is 23.9 Å². The molecule has 0 aliphatic carbocycles. The number of hydrogen-bond donors (Lipinski definition) is 1. The van der Waals surface area contributed by atoms with Gasteiger partial charge in [0.15, 0.2) is 0 Å². The van der Waals surface area contributed by atoms with E-state index in [1.54, 1.807) is 0 Å². The summed E-state index contributed by atoms with van der Waals surface area (Å²) in [5.74, 6) is 3.92. The van der Waals surface area contributed by atoms with Gasteiger partial charge in [-0.25, -0.2) is 0 Å². The van der Waals surface area contributed by atoms with Crippen LogP contribution in [0.2, 0.25) is 11.6 Å². The van der Waals surface area contributed by atoms with Gasteiger partial charge < -0.3 is 0 Å². The van der Waals surface area contributed by atoms with Crippen LogP contribution >= 0.6 is 0 Å². The first-order valence-corrected chi connectivity index (χ1v) is 5.30. The van der Waals surface area contributed by atoms with Gasteiger partial charge in [-0.05, 0) is 0 Å². The molecular formula is C2H7NSe. The average Bonchev–Trinajstić information content (AvgIpc) is 0.811. The van der Waals surface area contributed by atoms with Gasteiger partial charge in [0.05, 0.1) is 0 Å². The quantitative estimate of drug-likeness (QED) is 0.467. The fourth-order valence-electron chi connectivity index (χ4n) is 0. The van der Waals surface area contributed by atoms with Crippen LogP contribution in [0.3, 0.4) is 0 Å². The molecule has 0 atom stereocenters. The van der Waals surface area contributed by atoms with Crippen LogP contribution in [0.25, 0.3) is 0 Å². The van der Waals surface area contributed by atoms with Gasteiger partial charge in [0.25, 0.3) is 0 Å². The first kappa shape index (κ1) is 4.32. The van der Waals surface area contributed by atoms with Crippen molar-refractivity contribution in [3.05, 3.63) is 0 Å². The Balaban J connectivity index is 2.80. The van der Waals surface area contributed by atoms with Crippen molar-refractivity contribution in [3.8, 4) is 0 Å². The number of hydrogen-bond acceptors (Lipinski definition) is 1. The number of nitrogens with one attached hydrogen (secondary N) is 1. The van der Waals surface area contributed by atoms with Crippen molar-refractivity contribution in [2.45, 2.75) is 11.6 Å². The standard InChI is InChI=1S/C2H7NSe/c1-4(2)3/h3H,1-2H3. The summed E-state index contributed by atoms with van der Waals surface area (Å²) in [5, 5.41) is 0. The van der Waals surface area contributed by atoms with E-state index in [1.807, 2.05) is 11.6 Å². The molecule has 0 amide bonds. The van der Waals surface area contributed by atoms with Gasteiger partial charge in [0.1, 0.15) is 0 Å². The summed E-state index contributed by atoms with van der Waals surface area (Å²) in [6.45, 7) is 0. The molecule has 0 bridgehead atoms. The summed E-state index contributed by atoms with van der Waals surface area (Å²) in [4.78, 5) is 0. The van der Waals surface area contributed by atoms with Crippen molar-refractivity contribution in [2.24, 2.45) is 0 Å². The Morgan fingerprint density at radius 2 is 1.50 bits per heavy atom. The molecule has 0 radical (unpaired) electrons. The summed E-state index contributed by atoms with van der Waals surface area (Å²) < 4.78 is 6.71. The van der Waals surface area contributed by atoms with Crippen LogP contribution in [0.1, 0.15) is 0 Å². The molecule has 0 unspecified atom stereocenters. The van der Waals surface area contributed by atoms with Crippen LogP contribution in [-0.2, 0) is 0 Å². The van der Waals surface area contributed by atoms with Gasteiger partial charge in [-0.15, -0.1) is 0 Å². The molecule has 0 aromatic rings. The summed E-state index contributed by atoms with van der Waals surface area (Å²) >= 11 is -0.792.